The lowest BCUT2D eigenvalue weighted by Crippen LogP contribution is -2.55. The van der Waals surface area contributed by atoms with Crippen molar-refractivity contribution in [3.63, 3.8) is 0 Å². The molecule has 46 heavy (non-hydrogen) atoms. The van der Waals surface area contributed by atoms with Crippen molar-refractivity contribution >= 4 is 23.0 Å². The number of benzene rings is 4. The fourth-order valence-corrected chi connectivity index (χ4v) is 4.76. The molecule has 4 aromatic rings. The first-order chi connectivity index (χ1) is 21.9. The van der Waals surface area contributed by atoms with Crippen LogP contribution in [0.4, 0.5) is 13.2 Å². The van der Waals surface area contributed by atoms with Crippen LogP contribution in [0, 0.1) is 12.0 Å². The zero-order valence-corrected chi connectivity index (χ0v) is 25.6. The number of ether oxygens (including phenoxy) is 1. The molecule has 9 heteroatoms. The molecule has 0 saturated carbocycles. The van der Waals surface area contributed by atoms with Gasteiger partial charge in [0.15, 0.2) is 6.04 Å². The van der Waals surface area contributed by atoms with Gasteiger partial charge in [0.05, 0.1) is 12.1 Å². The van der Waals surface area contributed by atoms with Gasteiger partial charge >= 0.3 is 12.1 Å². The van der Waals surface area contributed by atoms with Crippen LogP contribution in [0.25, 0.3) is 11.1 Å². The number of halogens is 3. The highest BCUT2D eigenvalue weighted by Gasteiger charge is 2.39. The molecule has 0 spiro atoms. The second-order valence-corrected chi connectivity index (χ2v) is 11.2. The van der Waals surface area contributed by atoms with E-state index in [1.165, 1.54) is 12.1 Å². The van der Waals surface area contributed by atoms with Crippen molar-refractivity contribution in [3.8, 4) is 12.0 Å². The smallest absolute Gasteiger partial charge is 0.416 e. The van der Waals surface area contributed by atoms with E-state index in [2.05, 4.69) is 17.4 Å². The number of carbonyl (C=O) groups excluding carboxylic acids is 2. The number of nitrogens with zero attached hydrogens (tertiary/aromatic N) is 1. The molecule has 4 aromatic carbocycles. The molecule has 1 atom stereocenters. The molecule has 3 N–H and O–H groups in total. The van der Waals surface area contributed by atoms with Crippen molar-refractivity contribution in [2.45, 2.75) is 38.6 Å². The van der Waals surface area contributed by atoms with Crippen LogP contribution < -0.4 is 11.2 Å². The molecule has 1 amide bonds. The molecule has 236 valence electrons. The minimum absolute atomic E-state index is 0.0457. The molecule has 0 unspecified atom stereocenters. The Balaban J connectivity index is 2.00. The van der Waals surface area contributed by atoms with Crippen molar-refractivity contribution < 1.29 is 27.5 Å². The summed E-state index contributed by atoms with van der Waals surface area (Å²) in [6.07, 6.45) is -4.56. The molecule has 0 aliphatic heterocycles. The second-order valence-electron chi connectivity index (χ2n) is 11.2. The minimum Gasteiger partial charge on any atom is -0.458 e. The molecule has 0 radical (unpaired) electrons. The van der Waals surface area contributed by atoms with Crippen LogP contribution in [0.5, 0.6) is 0 Å². The van der Waals surface area contributed by atoms with Crippen LogP contribution >= 0.6 is 0 Å². The van der Waals surface area contributed by atoms with Gasteiger partial charge < -0.3 is 10.5 Å². The number of rotatable bonds is 8. The third-order valence-corrected chi connectivity index (χ3v) is 6.66. The normalized spacial score (nSPS) is 11.8. The average molecular weight is 626 g/mol. The maximum absolute atomic E-state index is 14.3. The summed E-state index contributed by atoms with van der Waals surface area (Å²) in [6.45, 7) is 4.61. The van der Waals surface area contributed by atoms with Gasteiger partial charge in [0.25, 0.3) is 5.91 Å². The van der Waals surface area contributed by atoms with Gasteiger partial charge in [-0.1, -0.05) is 97.1 Å². The average Bonchev–Trinajstić information content (AvgIpc) is 3.03. The Hall–Kier alpha value is -5.33. The molecule has 6 nitrogen and oxygen atoms in total. The predicted octanol–water partition coefficient (Wildman–Crippen LogP) is 6.68. The highest BCUT2D eigenvalue weighted by Crippen LogP contribution is 2.37. The zero-order valence-electron chi connectivity index (χ0n) is 25.6. The van der Waals surface area contributed by atoms with Gasteiger partial charge in [-0.2, -0.15) is 13.2 Å². The first-order valence-corrected chi connectivity index (χ1v) is 14.5. The van der Waals surface area contributed by atoms with E-state index in [4.69, 9.17) is 10.5 Å². The topological polar surface area (TPSA) is 84.7 Å². The number of hydrogen-bond acceptors (Lipinski definition) is 5. The molecule has 0 bridgehead atoms. The predicted molar refractivity (Wildman–Crippen MR) is 172 cm³/mol. The van der Waals surface area contributed by atoms with E-state index < -0.39 is 41.8 Å². The highest BCUT2D eigenvalue weighted by molar-refractivity contribution is 6.08. The second kappa shape index (κ2) is 14.6. The lowest BCUT2D eigenvalue weighted by atomic mass is 9.85. The third kappa shape index (κ3) is 8.65. The monoisotopic (exact) mass is 625 g/mol. The third-order valence-electron chi connectivity index (χ3n) is 6.66. The van der Waals surface area contributed by atoms with Crippen molar-refractivity contribution in [2.24, 2.45) is 5.73 Å². The summed E-state index contributed by atoms with van der Waals surface area (Å²) in [5.41, 5.74) is 9.96. The number of amides is 1. The van der Waals surface area contributed by atoms with Gasteiger partial charge in [0.1, 0.15) is 5.60 Å². The summed E-state index contributed by atoms with van der Waals surface area (Å²) < 4.78 is 45.9. The molecule has 0 aromatic heterocycles. The fourth-order valence-electron chi connectivity index (χ4n) is 4.76. The van der Waals surface area contributed by atoms with Crippen molar-refractivity contribution in [1.29, 1.82) is 0 Å². The van der Waals surface area contributed by atoms with E-state index in [1.54, 1.807) is 20.8 Å². The van der Waals surface area contributed by atoms with E-state index in [0.29, 0.717) is 16.7 Å². The van der Waals surface area contributed by atoms with Gasteiger partial charge in [-0.05, 0) is 67.2 Å². The summed E-state index contributed by atoms with van der Waals surface area (Å²) >= 11 is 0. The Morgan fingerprint density at radius 2 is 1.33 bits per heavy atom. The Morgan fingerprint density at radius 3 is 1.80 bits per heavy atom. The van der Waals surface area contributed by atoms with Crippen LogP contribution in [0.1, 0.15) is 48.6 Å². The fraction of sp³-hybridized carbons (Fsp3) is 0.189. The van der Waals surface area contributed by atoms with E-state index in [-0.39, 0.29) is 5.56 Å². The van der Waals surface area contributed by atoms with E-state index >= 15 is 0 Å². The number of esters is 1. The SMILES string of the molecule is CC(C)(C)OC(=O)[C@@H](C(=C(c1ccccc1)c1ccccc1)c1ccccc1)N(NC#Cc1cccc(C(F)(F)F)c1)C(=O)CN. The minimum atomic E-state index is -4.56. The Labute approximate surface area is 266 Å². The summed E-state index contributed by atoms with van der Waals surface area (Å²) in [7, 11) is 0. The molecule has 0 heterocycles. The van der Waals surface area contributed by atoms with Crippen LogP contribution in [0.2, 0.25) is 0 Å². The van der Waals surface area contributed by atoms with Crippen molar-refractivity contribution in [3.05, 3.63) is 143 Å². The molecule has 0 fully saturated rings. The summed E-state index contributed by atoms with van der Waals surface area (Å²) in [5, 5.41) is 0.989. The molecular formula is C37H34F3N3O3. The van der Waals surface area contributed by atoms with Gasteiger partial charge in [0, 0.05) is 17.2 Å². The first-order valence-electron chi connectivity index (χ1n) is 14.5. The van der Waals surface area contributed by atoms with Gasteiger partial charge in [-0.3, -0.25) is 10.2 Å². The van der Waals surface area contributed by atoms with Crippen molar-refractivity contribution in [1.82, 2.24) is 10.4 Å². The van der Waals surface area contributed by atoms with E-state index in [0.717, 1.165) is 28.3 Å². The molecule has 0 aliphatic carbocycles. The number of carbonyl (C=O) groups is 2. The Kier molecular flexibility index (Phi) is 10.7. The van der Waals surface area contributed by atoms with E-state index in [9.17, 15) is 22.8 Å². The Bertz CT molecular complexity index is 1700. The number of hydrogen-bond donors (Lipinski definition) is 2. The van der Waals surface area contributed by atoms with Crippen LogP contribution in [0.3, 0.4) is 0 Å². The maximum Gasteiger partial charge on any atom is 0.416 e. The molecular weight excluding hydrogens is 591 g/mol. The van der Waals surface area contributed by atoms with Gasteiger partial charge in [0.2, 0.25) is 0 Å². The van der Waals surface area contributed by atoms with E-state index in [1.807, 2.05) is 91.0 Å². The van der Waals surface area contributed by atoms with Crippen LogP contribution in [-0.4, -0.2) is 35.1 Å². The quantitative estimate of drug-likeness (QED) is 0.0751. The number of alkyl halides is 3. The van der Waals surface area contributed by atoms with Crippen molar-refractivity contribution in [2.75, 3.05) is 6.54 Å². The van der Waals surface area contributed by atoms with Crippen LogP contribution in [-0.2, 0) is 20.5 Å². The largest absolute Gasteiger partial charge is 0.458 e. The van der Waals surface area contributed by atoms with Crippen LogP contribution in [0.15, 0.2) is 115 Å². The standard InChI is InChI=1S/C37H34F3N3O3/c1-36(2,3)46-35(45)34(43(31(44)25-41)42-23-22-26-14-13-21-30(24-26)37(38,39)40)33(29-19-11-6-12-20-29)32(27-15-7-4-8-16-27)28-17-9-5-10-18-28/h4-21,24,34,42H,25,41H2,1-3H3/t34-/m1/s1. The maximum atomic E-state index is 14.3. The molecule has 4 rings (SSSR count). The highest BCUT2D eigenvalue weighted by atomic mass is 19.4. The molecule has 0 saturated heterocycles. The first kappa shape index (κ1) is 33.6. The van der Waals surface area contributed by atoms with Gasteiger partial charge in [-0.25, -0.2) is 9.80 Å². The summed E-state index contributed by atoms with van der Waals surface area (Å²) in [5.74, 6) is 1.14. The Morgan fingerprint density at radius 1 is 0.804 bits per heavy atom. The van der Waals surface area contributed by atoms with Gasteiger partial charge in [-0.15, -0.1) is 0 Å². The number of nitrogens with one attached hydrogen (secondary N) is 1. The number of nitrogens with two attached hydrogens (primary N) is 1. The lowest BCUT2D eigenvalue weighted by Gasteiger charge is -2.34. The number of hydrazine groups is 1. The summed E-state index contributed by atoms with van der Waals surface area (Å²) in [6, 6.07) is 33.5. The molecule has 0 aliphatic rings. The zero-order chi connectivity index (χ0) is 33.3. The lowest BCUT2D eigenvalue weighted by molar-refractivity contribution is -0.163. The summed E-state index contributed by atoms with van der Waals surface area (Å²) in [4.78, 5) is 27.9.